The number of amides is 1. The standard InChI is InChI=1S/C15H21N3O3S.ClH/c1-17(14-6-7-16-11-14)15(19)12-4-2-5-13(10-12)18-8-3-9-22(18,20)21;/h2,4-5,10,14,16H,3,6-9,11H2,1H3;1H. The average Bonchev–Trinajstić information content (AvgIpc) is 3.15. The Morgan fingerprint density at radius 1 is 1.39 bits per heavy atom. The number of carbonyl (C=O) groups excluding carboxylic acids is 1. The zero-order chi connectivity index (χ0) is 15.7. The topological polar surface area (TPSA) is 69.7 Å². The lowest BCUT2D eigenvalue weighted by Gasteiger charge is -2.24. The molecule has 1 aromatic carbocycles. The number of sulfonamides is 1. The van der Waals surface area contributed by atoms with Gasteiger partial charge in [-0.3, -0.25) is 9.10 Å². The van der Waals surface area contributed by atoms with E-state index in [2.05, 4.69) is 5.32 Å². The van der Waals surface area contributed by atoms with Crippen molar-refractivity contribution < 1.29 is 13.2 Å². The maximum Gasteiger partial charge on any atom is 0.253 e. The number of hydrogen-bond acceptors (Lipinski definition) is 4. The van der Waals surface area contributed by atoms with Crippen molar-refractivity contribution in [3.05, 3.63) is 29.8 Å². The first-order valence-corrected chi connectivity index (χ1v) is 9.18. The number of carbonyl (C=O) groups is 1. The molecule has 0 saturated carbocycles. The van der Waals surface area contributed by atoms with Crippen LogP contribution in [0.4, 0.5) is 5.69 Å². The normalized spacial score (nSPS) is 22.7. The van der Waals surface area contributed by atoms with Crippen molar-refractivity contribution in [1.29, 1.82) is 0 Å². The van der Waals surface area contributed by atoms with Gasteiger partial charge in [-0.2, -0.15) is 0 Å². The summed E-state index contributed by atoms with van der Waals surface area (Å²) in [5.74, 6) is 0.117. The Kier molecular flexibility index (Phi) is 5.54. The Morgan fingerprint density at radius 2 is 2.17 bits per heavy atom. The van der Waals surface area contributed by atoms with Crippen LogP contribution >= 0.6 is 12.4 Å². The highest BCUT2D eigenvalue weighted by atomic mass is 35.5. The second-order valence-corrected chi connectivity index (χ2v) is 7.87. The van der Waals surface area contributed by atoms with Crippen LogP contribution in [-0.2, 0) is 10.0 Å². The summed E-state index contributed by atoms with van der Waals surface area (Å²) in [6, 6.07) is 7.12. The quantitative estimate of drug-likeness (QED) is 0.876. The molecule has 23 heavy (non-hydrogen) atoms. The Balaban J connectivity index is 0.00000192. The fraction of sp³-hybridized carbons (Fsp3) is 0.533. The van der Waals surface area contributed by atoms with E-state index in [4.69, 9.17) is 0 Å². The van der Waals surface area contributed by atoms with E-state index in [1.165, 1.54) is 4.31 Å². The molecular weight excluding hydrogens is 338 g/mol. The number of rotatable bonds is 3. The van der Waals surface area contributed by atoms with Gasteiger partial charge in [0.15, 0.2) is 0 Å². The van der Waals surface area contributed by atoms with Crippen LogP contribution in [0.1, 0.15) is 23.2 Å². The van der Waals surface area contributed by atoms with Crippen LogP contribution in [0.2, 0.25) is 0 Å². The van der Waals surface area contributed by atoms with Crippen LogP contribution < -0.4 is 9.62 Å². The molecule has 0 spiro atoms. The van der Waals surface area contributed by atoms with Crippen LogP contribution in [0.25, 0.3) is 0 Å². The van der Waals surface area contributed by atoms with Crippen molar-refractivity contribution in [3.8, 4) is 0 Å². The van der Waals surface area contributed by atoms with E-state index in [0.717, 1.165) is 19.5 Å². The number of nitrogens with zero attached hydrogens (tertiary/aromatic N) is 2. The zero-order valence-corrected chi connectivity index (χ0v) is 14.7. The molecule has 6 nitrogen and oxygen atoms in total. The van der Waals surface area contributed by atoms with Gasteiger partial charge in [-0.05, 0) is 37.6 Å². The summed E-state index contributed by atoms with van der Waals surface area (Å²) in [6.07, 6.45) is 1.58. The number of benzene rings is 1. The molecule has 1 aromatic rings. The summed E-state index contributed by atoms with van der Waals surface area (Å²) in [6.45, 7) is 2.22. The lowest BCUT2D eigenvalue weighted by Crippen LogP contribution is -2.38. The first-order chi connectivity index (χ1) is 10.5. The Labute approximate surface area is 143 Å². The monoisotopic (exact) mass is 359 g/mol. The Hall–Kier alpha value is -1.31. The molecule has 2 saturated heterocycles. The highest BCUT2D eigenvalue weighted by Gasteiger charge is 2.29. The highest BCUT2D eigenvalue weighted by molar-refractivity contribution is 7.93. The Bertz CT molecular complexity index is 674. The fourth-order valence-corrected chi connectivity index (χ4v) is 4.62. The SMILES string of the molecule is CN(C(=O)c1cccc(N2CCCS2(=O)=O)c1)C1CCNC1.Cl. The van der Waals surface area contributed by atoms with E-state index < -0.39 is 10.0 Å². The van der Waals surface area contributed by atoms with Gasteiger partial charge in [-0.1, -0.05) is 6.07 Å². The fourth-order valence-electron chi connectivity index (χ4n) is 3.06. The van der Waals surface area contributed by atoms with Crippen molar-refractivity contribution in [3.63, 3.8) is 0 Å². The third-order valence-corrected chi connectivity index (χ3v) is 6.25. The molecule has 3 rings (SSSR count). The van der Waals surface area contributed by atoms with Crippen molar-refractivity contribution in [2.24, 2.45) is 0 Å². The lowest BCUT2D eigenvalue weighted by molar-refractivity contribution is 0.0744. The minimum absolute atomic E-state index is 0. The van der Waals surface area contributed by atoms with Gasteiger partial charge in [0.1, 0.15) is 0 Å². The largest absolute Gasteiger partial charge is 0.337 e. The summed E-state index contributed by atoms with van der Waals surface area (Å²) in [4.78, 5) is 14.3. The van der Waals surface area contributed by atoms with E-state index in [1.807, 2.05) is 0 Å². The first kappa shape index (κ1) is 18.0. The first-order valence-electron chi connectivity index (χ1n) is 7.57. The summed E-state index contributed by atoms with van der Waals surface area (Å²) >= 11 is 0. The van der Waals surface area contributed by atoms with Gasteiger partial charge in [-0.15, -0.1) is 12.4 Å². The van der Waals surface area contributed by atoms with Crippen LogP contribution in [0.5, 0.6) is 0 Å². The second-order valence-electron chi connectivity index (χ2n) is 5.85. The molecule has 0 aliphatic carbocycles. The van der Waals surface area contributed by atoms with Crippen LogP contribution in [0, 0.1) is 0 Å². The maximum atomic E-state index is 12.6. The van der Waals surface area contributed by atoms with Gasteiger partial charge < -0.3 is 10.2 Å². The van der Waals surface area contributed by atoms with Crippen LogP contribution in [-0.4, -0.2) is 57.7 Å². The number of halogens is 1. The zero-order valence-electron chi connectivity index (χ0n) is 13.1. The van der Waals surface area contributed by atoms with Crippen LogP contribution in [0.15, 0.2) is 24.3 Å². The average molecular weight is 360 g/mol. The summed E-state index contributed by atoms with van der Waals surface area (Å²) < 4.78 is 25.4. The number of hydrogen-bond donors (Lipinski definition) is 1. The maximum absolute atomic E-state index is 12.6. The molecule has 2 aliphatic heterocycles. The lowest BCUT2D eigenvalue weighted by atomic mass is 10.1. The van der Waals surface area contributed by atoms with Gasteiger partial charge in [0.25, 0.3) is 5.91 Å². The Morgan fingerprint density at radius 3 is 2.78 bits per heavy atom. The molecule has 2 aliphatic rings. The summed E-state index contributed by atoms with van der Waals surface area (Å²) in [5.41, 5.74) is 1.12. The molecule has 1 amide bonds. The molecule has 0 bridgehead atoms. The van der Waals surface area contributed by atoms with Crippen molar-refractivity contribution in [2.75, 3.05) is 36.7 Å². The molecule has 0 aromatic heterocycles. The van der Waals surface area contributed by atoms with E-state index in [1.54, 1.807) is 36.2 Å². The molecule has 1 unspecified atom stereocenters. The third-order valence-electron chi connectivity index (χ3n) is 4.38. The molecule has 2 fully saturated rings. The number of nitrogens with one attached hydrogen (secondary N) is 1. The molecular formula is C15H22ClN3O3S. The van der Waals surface area contributed by atoms with Crippen molar-refractivity contribution in [1.82, 2.24) is 10.2 Å². The molecule has 128 valence electrons. The van der Waals surface area contributed by atoms with Gasteiger partial charge >= 0.3 is 0 Å². The second kappa shape index (κ2) is 7.07. The summed E-state index contributed by atoms with van der Waals surface area (Å²) in [5, 5.41) is 3.25. The smallest absolute Gasteiger partial charge is 0.253 e. The third kappa shape index (κ3) is 3.62. The minimum atomic E-state index is -3.22. The molecule has 2 heterocycles. The van der Waals surface area contributed by atoms with E-state index >= 15 is 0 Å². The van der Waals surface area contributed by atoms with E-state index in [0.29, 0.717) is 24.2 Å². The van der Waals surface area contributed by atoms with Gasteiger partial charge in [-0.25, -0.2) is 8.42 Å². The molecule has 1 N–H and O–H groups in total. The van der Waals surface area contributed by atoms with E-state index in [9.17, 15) is 13.2 Å². The molecule has 0 radical (unpaired) electrons. The van der Waals surface area contributed by atoms with Gasteiger partial charge in [0, 0.05) is 31.7 Å². The molecule has 8 heteroatoms. The van der Waals surface area contributed by atoms with Gasteiger partial charge in [0.2, 0.25) is 10.0 Å². The summed E-state index contributed by atoms with van der Waals surface area (Å²) in [7, 11) is -1.42. The van der Waals surface area contributed by atoms with Gasteiger partial charge in [0.05, 0.1) is 11.4 Å². The predicted molar refractivity (Wildman–Crippen MR) is 92.8 cm³/mol. The predicted octanol–water partition coefficient (Wildman–Crippen LogP) is 1.08. The van der Waals surface area contributed by atoms with Crippen molar-refractivity contribution in [2.45, 2.75) is 18.9 Å². The van der Waals surface area contributed by atoms with E-state index in [-0.39, 0.29) is 30.1 Å². The highest BCUT2D eigenvalue weighted by Crippen LogP contribution is 2.25. The molecule has 1 atom stereocenters. The number of anilines is 1. The number of likely N-dealkylation sites (N-methyl/N-ethyl adjacent to an activating group) is 1. The van der Waals surface area contributed by atoms with Crippen molar-refractivity contribution >= 4 is 34.0 Å². The minimum Gasteiger partial charge on any atom is -0.337 e. The van der Waals surface area contributed by atoms with Crippen LogP contribution in [0.3, 0.4) is 0 Å².